The van der Waals surface area contributed by atoms with Crippen LogP contribution in [0, 0.1) is 6.92 Å². The first-order valence-electron chi connectivity index (χ1n) is 7.03. The van der Waals surface area contributed by atoms with Crippen molar-refractivity contribution < 1.29 is 0 Å². The minimum atomic E-state index is 0.585. The Kier molecular flexibility index (Phi) is 3.38. The van der Waals surface area contributed by atoms with Crippen molar-refractivity contribution in [2.75, 3.05) is 25.5 Å². The minimum absolute atomic E-state index is 0.585. The Morgan fingerprint density at radius 1 is 1.21 bits per heavy atom. The van der Waals surface area contributed by atoms with Gasteiger partial charge >= 0.3 is 0 Å². The second-order valence-corrected chi connectivity index (χ2v) is 5.55. The summed E-state index contributed by atoms with van der Waals surface area (Å²) in [5, 5.41) is 4.94. The zero-order valence-electron chi connectivity index (χ0n) is 11.7. The van der Waals surface area contributed by atoms with Crippen LogP contribution in [-0.2, 0) is 0 Å². The smallest absolute Gasteiger partial charge is 0.0751 e. The summed E-state index contributed by atoms with van der Waals surface area (Å²) in [6.45, 7) is 4.48. The van der Waals surface area contributed by atoms with Crippen molar-refractivity contribution in [2.24, 2.45) is 0 Å². The first-order valence-corrected chi connectivity index (χ1v) is 7.03. The number of pyridine rings is 1. The maximum Gasteiger partial charge on any atom is 0.0751 e. The summed E-state index contributed by atoms with van der Waals surface area (Å²) >= 11 is 0. The Morgan fingerprint density at radius 3 is 2.79 bits per heavy atom. The average molecular weight is 255 g/mol. The number of hydrogen-bond acceptors (Lipinski definition) is 3. The molecule has 1 fully saturated rings. The number of nitrogens with zero attached hydrogens (tertiary/aromatic N) is 2. The average Bonchev–Trinajstić information content (AvgIpc) is 2.43. The lowest BCUT2D eigenvalue weighted by Gasteiger charge is -2.30. The van der Waals surface area contributed by atoms with Crippen LogP contribution in [-0.4, -0.2) is 36.1 Å². The Labute approximate surface area is 114 Å². The van der Waals surface area contributed by atoms with Gasteiger partial charge in [-0.15, -0.1) is 0 Å². The van der Waals surface area contributed by atoms with Crippen LogP contribution in [0.2, 0.25) is 0 Å². The van der Waals surface area contributed by atoms with Gasteiger partial charge in [0.2, 0.25) is 0 Å². The topological polar surface area (TPSA) is 28.2 Å². The molecule has 0 spiro atoms. The molecule has 1 aliphatic rings. The van der Waals surface area contributed by atoms with Gasteiger partial charge in [-0.1, -0.05) is 18.2 Å². The number of fused-ring (bicyclic) bond motifs is 1. The largest absolute Gasteiger partial charge is 0.382 e. The van der Waals surface area contributed by atoms with E-state index in [-0.39, 0.29) is 0 Å². The molecule has 3 heteroatoms. The summed E-state index contributed by atoms with van der Waals surface area (Å²) < 4.78 is 0. The van der Waals surface area contributed by atoms with Gasteiger partial charge in [0.25, 0.3) is 0 Å². The molecule has 0 radical (unpaired) electrons. The van der Waals surface area contributed by atoms with E-state index >= 15 is 0 Å². The molecule has 0 unspecified atom stereocenters. The molecule has 1 aromatic heterocycles. The highest BCUT2D eigenvalue weighted by Crippen LogP contribution is 2.25. The molecule has 0 aliphatic carbocycles. The number of likely N-dealkylation sites (tertiary alicyclic amines) is 1. The van der Waals surface area contributed by atoms with Gasteiger partial charge in [-0.2, -0.15) is 0 Å². The minimum Gasteiger partial charge on any atom is -0.382 e. The second kappa shape index (κ2) is 5.17. The highest BCUT2D eigenvalue weighted by Gasteiger charge is 2.17. The van der Waals surface area contributed by atoms with Crippen molar-refractivity contribution in [2.45, 2.75) is 25.8 Å². The number of anilines is 1. The summed E-state index contributed by atoms with van der Waals surface area (Å²) in [6.07, 6.45) is 4.34. The van der Waals surface area contributed by atoms with Gasteiger partial charge in [-0.25, -0.2) is 0 Å². The van der Waals surface area contributed by atoms with Crippen LogP contribution in [0.25, 0.3) is 10.9 Å². The van der Waals surface area contributed by atoms with E-state index in [1.165, 1.54) is 42.6 Å². The molecule has 3 nitrogen and oxygen atoms in total. The molecular weight excluding hydrogens is 234 g/mol. The van der Waals surface area contributed by atoms with Gasteiger partial charge in [0, 0.05) is 23.3 Å². The van der Waals surface area contributed by atoms with Crippen molar-refractivity contribution in [3.8, 4) is 0 Å². The molecule has 100 valence electrons. The molecule has 0 amide bonds. The lowest BCUT2D eigenvalue weighted by Crippen LogP contribution is -2.36. The van der Waals surface area contributed by atoms with Crippen LogP contribution in [0.15, 0.2) is 30.5 Å². The SMILES string of the molecule is Cc1cccc2c(NC3CCN(C)CC3)ccnc12. The Morgan fingerprint density at radius 2 is 2.00 bits per heavy atom. The van der Waals surface area contributed by atoms with Gasteiger partial charge in [0.15, 0.2) is 0 Å². The number of rotatable bonds is 2. The number of aryl methyl sites for hydroxylation is 1. The fourth-order valence-corrected chi connectivity index (χ4v) is 2.82. The molecule has 3 rings (SSSR count). The third-order valence-corrected chi connectivity index (χ3v) is 4.05. The van der Waals surface area contributed by atoms with Gasteiger partial charge in [0.1, 0.15) is 0 Å². The fourth-order valence-electron chi connectivity index (χ4n) is 2.82. The maximum absolute atomic E-state index is 4.50. The molecule has 2 aromatic rings. The molecule has 0 atom stereocenters. The normalized spacial score (nSPS) is 17.8. The van der Waals surface area contributed by atoms with Crippen LogP contribution < -0.4 is 5.32 Å². The van der Waals surface area contributed by atoms with Crippen molar-refractivity contribution >= 4 is 16.6 Å². The van der Waals surface area contributed by atoms with Crippen LogP contribution in [0.4, 0.5) is 5.69 Å². The van der Waals surface area contributed by atoms with E-state index in [9.17, 15) is 0 Å². The molecule has 19 heavy (non-hydrogen) atoms. The standard InChI is InChI=1S/C16H21N3/c1-12-4-3-5-14-15(6-9-17-16(12)14)18-13-7-10-19(2)11-8-13/h3-6,9,13H,7-8,10-11H2,1-2H3,(H,17,18). The Hall–Kier alpha value is -1.61. The van der Waals surface area contributed by atoms with Crippen molar-refractivity contribution in [3.63, 3.8) is 0 Å². The number of benzene rings is 1. The predicted molar refractivity (Wildman–Crippen MR) is 80.6 cm³/mol. The molecule has 1 saturated heterocycles. The van der Waals surface area contributed by atoms with Crippen LogP contribution in [0.3, 0.4) is 0 Å². The number of nitrogens with one attached hydrogen (secondary N) is 1. The second-order valence-electron chi connectivity index (χ2n) is 5.55. The highest BCUT2D eigenvalue weighted by atomic mass is 15.1. The fraction of sp³-hybridized carbons (Fsp3) is 0.438. The Bertz CT molecular complexity index is 571. The van der Waals surface area contributed by atoms with Crippen molar-refractivity contribution in [1.82, 2.24) is 9.88 Å². The summed E-state index contributed by atoms with van der Waals surface area (Å²) in [7, 11) is 2.20. The van der Waals surface area contributed by atoms with Crippen molar-refractivity contribution in [1.29, 1.82) is 0 Å². The number of aromatic nitrogens is 1. The van der Waals surface area contributed by atoms with Gasteiger partial charge in [-0.05, 0) is 51.5 Å². The van der Waals surface area contributed by atoms with Crippen molar-refractivity contribution in [3.05, 3.63) is 36.0 Å². The molecule has 1 N–H and O–H groups in total. The molecule has 2 heterocycles. The van der Waals surface area contributed by atoms with E-state index < -0.39 is 0 Å². The first-order chi connectivity index (χ1) is 9.24. The highest BCUT2D eigenvalue weighted by molar-refractivity contribution is 5.92. The van der Waals surface area contributed by atoms with Crippen LogP contribution in [0.1, 0.15) is 18.4 Å². The maximum atomic E-state index is 4.50. The van der Waals surface area contributed by atoms with Gasteiger partial charge in [-0.3, -0.25) is 4.98 Å². The lowest BCUT2D eigenvalue weighted by atomic mass is 10.0. The van der Waals surface area contributed by atoms with Gasteiger partial charge < -0.3 is 10.2 Å². The molecule has 0 bridgehead atoms. The molecule has 1 aromatic carbocycles. The predicted octanol–water partition coefficient (Wildman–Crippen LogP) is 3.05. The van der Waals surface area contributed by atoms with Crippen LogP contribution >= 0.6 is 0 Å². The van der Waals surface area contributed by atoms with E-state index in [0.29, 0.717) is 6.04 Å². The van der Waals surface area contributed by atoms with E-state index in [1.807, 2.05) is 6.20 Å². The first kappa shape index (κ1) is 12.4. The monoisotopic (exact) mass is 255 g/mol. The van der Waals surface area contributed by atoms with Crippen LogP contribution in [0.5, 0.6) is 0 Å². The summed E-state index contributed by atoms with van der Waals surface area (Å²) in [6, 6.07) is 9.07. The summed E-state index contributed by atoms with van der Waals surface area (Å²) in [5.41, 5.74) is 3.58. The van der Waals surface area contributed by atoms with E-state index in [4.69, 9.17) is 0 Å². The van der Waals surface area contributed by atoms with E-state index in [1.54, 1.807) is 0 Å². The zero-order chi connectivity index (χ0) is 13.2. The number of para-hydroxylation sites is 1. The number of hydrogen-bond donors (Lipinski definition) is 1. The quantitative estimate of drug-likeness (QED) is 0.894. The summed E-state index contributed by atoms with van der Waals surface area (Å²) in [4.78, 5) is 6.89. The van der Waals surface area contributed by atoms with E-state index in [2.05, 4.69) is 53.4 Å². The molecule has 1 aliphatic heterocycles. The third kappa shape index (κ3) is 2.56. The third-order valence-electron chi connectivity index (χ3n) is 4.05. The van der Waals surface area contributed by atoms with E-state index in [0.717, 1.165) is 5.52 Å². The molecular formula is C16H21N3. The lowest BCUT2D eigenvalue weighted by molar-refractivity contribution is 0.264. The zero-order valence-corrected chi connectivity index (χ0v) is 11.7. The molecule has 0 saturated carbocycles. The Balaban J connectivity index is 1.87. The summed E-state index contributed by atoms with van der Waals surface area (Å²) in [5.74, 6) is 0. The number of piperidine rings is 1. The van der Waals surface area contributed by atoms with Gasteiger partial charge in [0.05, 0.1) is 5.52 Å².